The largest absolute Gasteiger partial charge is 0.465 e. The fraction of sp³-hybridized carbons (Fsp3) is 0.222. The van der Waals surface area contributed by atoms with Gasteiger partial charge in [-0.25, -0.2) is 4.79 Å². The van der Waals surface area contributed by atoms with E-state index in [2.05, 4.69) is 16.0 Å². The molecule has 0 spiro atoms. The summed E-state index contributed by atoms with van der Waals surface area (Å²) < 4.78 is 5.05. The van der Waals surface area contributed by atoms with Crippen LogP contribution in [-0.2, 0) is 27.2 Å². The highest BCUT2D eigenvalue weighted by atomic mass is 32.2. The van der Waals surface area contributed by atoms with E-state index in [0.717, 1.165) is 58.6 Å². The Balaban J connectivity index is 1.26. The molecule has 8 nitrogen and oxygen atoms in total. The average Bonchev–Trinajstić information content (AvgIpc) is 3.22. The van der Waals surface area contributed by atoms with Gasteiger partial charge in [-0.3, -0.25) is 14.4 Å². The van der Waals surface area contributed by atoms with Crippen molar-refractivity contribution in [3.05, 3.63) is 117 Å². The number of fused-ring (bicyclic) bond motifs is 1. The molecule has 0 unspecified atom stereocenters. The molecule has 0 saturated heterocycles. The average molecular weight is 654 g/mol. The minimum absolute atomic E-state index is 0.0904. The van der Waals surface area contributed by atoms with Gasteiger partial charge in [0.1, 0.15) is 10.7 Å². The summed E-state index contributed by atoms with van der Waals surface area (Å²) in [5.74, 6) is -1.46. The number of rotatable bonds is 10. The highest BCUT2D eigenvalue weighted by Gasteiger charge is 2.26. The van der Waals surface area contributed by atoms with Crippen LogP contribution in [0.5, 0.6) is 0 Å². The third-order valence-electron chi connectivity index (χ3n) is 7.41. The second-order valence-electron chi connectivity index (χ2n) is 10.9. The lowest BCUT2D eigenvalue weighted by atomic mass is 10.1. The van der Waals surface area contributed by atoms with Gasteiger partial charge < -0.3 is 20.7 Å². The number of esters is 1. The van der Waals surface area contributed by atoms with Crippen molar-refractivity contribution in [1.82, 2.24) is 5.32 Å². The predicted octanol–water partition coefficient (Wildman–Crippen LogP) is 7.25. The zero-order valence-corrected chi connectivity index (χ0v) is 27.3. The van der Waals surface area contributed by atoms with Gasteiger partial charge in [0.05, 0.1) is 18.4 Å². The molecule has 46 heavy (non-hydrogen) atoms. The Bertz CT molecular complexity index is 1780. The first-order chi connectivity index (χ1) is 22.3. The van der Waals surface area contributed by atoms with E-state index in [9.17, 15) is 19.2 Å². The number of hydrogen-bond acceptors (Lipinski definition) is 7. The molecule has 1 aliphatic carbocycles. The second kappa shape index (κ2) is 15.6. The van der Waals surface area contributed by atoms with Crippen molar-refractivity contribution in [3.8, 4) is 0 Å². The lowest BCUT2D eigenvalue weighted by Crippen LogP contribution is -2.30. The molecule has 3 N–H and O–H groups in total. The van der Waals surface area contributed by atoms with E-state index >= 15 is 0 Å². The molecule has 1 heterocycles. The van der Waals surface area contributed by atoms with E-state index in [1.54, 1.807) is 48.5 Å². The van der Waals surface area contributed by atoms with E-state index in [1.807, 2.05) is 43.3 Å². The maximum Gasteiger partial charge on any atom is 0.341 e. The minimum Gasteiger partial charge on any atom is -0.465 e. The Morgan fingerprint density at radius 3 is 2.46 bits per heavy atom. The van der Waals surface area contributed by atoms with E-state index in [4.69, 9.17) is 4.74 Å². The Kier molecular flexibility index (Phi) is 11.1. The molecule has 1 aliphatic rings. The number of thiophene rings is 1. The molecule has 10 heteroatoms. The van der Waals surface area contributed by atoms with Crippen LogP contribution in [0.3, 0.4) is 0 Å². The van der Waals surface area contributed by atoms with Crippen molar-refractivity contribution < 1.29 is 23.9 Å². The number of benzene rings is 3. The maximum atomic E-state index is 13.5. The molecule has 0 radical (unpaired) electrons. The van der Waals surface area contributed by atoms with Gasteiger partial charge in [0.15, 0.2) is 0 Å². The van der Waals surface area contributed by atoms with Gasteiger partial charge in [0, 0.05) is 21.0 Å². The molecule has 236 valence electrons. The van der Waals surface area contributed by atoms with Gasteiger partial charge >= 0.3 is 5.97 Å². The Hall–Kier alpha value is -4.67. The number of hydrogen-bond donors (Lipinski definition) is 3. The summed E-state index contributed by atoms with van der Waals surface area (Å²) in [6.07, 6.45) is 6.52. The Morgan fingerprint density at radius 1 is 0.891 bits per heavy atom. The van der Waals surface area contributed by atoms with Crippen LogP contribution < -0.4 is 16.0 Å². The van der Waals surface area contributed by atoms with Gasteiger partial charge in [-0.2, -0.15) is 0 Å². The molecule has 0 saturated carbocycles. The lowest BCUT2D eigenvalue weighted by molar-refractivity contribution is -0.114. The first kappa shape index (κ1) is 32.7. The first-order valence-electron chi connectivity index (χ1n) is 15.0. The third kappa shape index (κ3) is 8.52. The summed E-state index contributed by atoms with van der Waals surface area (Å²) in [4.78, 5) is 54.0. The maximum absolute atomic E-state index is 13.5. The predicted molar refractivity (Wildman–Crippen MR) is 184 cm³/mol. The Morgan fingerprint density at radius 2 is 1.67 bits per heavy atom. The number of ether oxygens (including phenoxy) is 1. The molecule has 0 bridgehead atoms. The second-order valence-corrected chi connectivity index (χ2v) is 13.0. The molecule has 4 aromatic rings. The molecule has 3 aromatic carbocycles. The van der Waals surface area contributed by atoms with Crippen molar-refractivity contribution in [2.45, 2.75) is 43.9 Å². The number of amides is 3. The van der Waals surface area contributed by atoms with Crippen molar-refractivity contribution in [1.29, 1.82) is 0 Å². The number of anilines is 2. The fourth-order valence-corrected chi connectivity index (χ4v) is 7.24. The number of carbonyl (C=O) groups is 4. The van der Waals surface area contributed by atoms with Gasteiger partial charge in [-0.05, 0) is 80.1 Å². The molecule has 3 amide bonds. The van der Waals surface area contributed by atoms with Gasteiger partial charge in [0.2, 0.25) is 5.91 Å². The smallest absolute Gasteiger partial charge is 0.341 e. The van der Waals surface area contributed by atoms with Crippen molar-refractivity contribution in [3.63, 3.8) is 0 Å². The minimum atomic E-state index is -0.488. The number of methoxy groups -OCH3 is 1. The standard InChI is InChI=1S/C36H35N3O5S2/c1-23-11-9-12-24(19-23)20-29(38-33(41)25-13-5-3-6-14-25)34(42)37-26-15-10-16-27(21-26)45-22-31(40)39-35-32(36(43)44-2)28-17-7-4-8-18-30(28)46-35/h3,5-6,9-16,19-21H,4,7-8,17-18,22H2,1-2H3,(H,37,42)(H,38,41)(H,39,40)/b29-20+. The van der Waals surface area contributed by atoms with Crippen LogP contribution in [0, 0.1) is 6.92 Å². The monoisotopic (exact) mass is 653 g/mol. The third-order valence-corrected chi connectivity index (χ3v) is 9.61. The molecular formula is C36H35N3O5S2. The fourth-order valence-electron chi connectivity index (χ4n) is 5.19. The highest BCUT2D eigenvalue weighted by Crippen LogP contribution is 2.38. The van der Waals surface area contributed by atoms with Crippen LogP contribution in [0.4, 0.5) is 10.7 Å². The molecule has 0 fully saturated rings. The van der Waals surface area contributed by atoms with E-state index < -0.39 is 17.8 Å². The molecule has 1 aromatic heterocycles. The summed E-state index contributed by atoms with van der Waals surface area (Å²) in [6, 6.07) is 23.5. The van der Waals surface area contributed by atoms with Crippen molar-refractivity contribution in [2.24, 2.45) is 0 Å². The summed E-state index contributed by atoms with van der Waals surface area (Å²) in [5.41, 5.74) is 4.29. The van der Waals surface area contributed by atoms with Gasteiger partial charge in [0.25, 0.3) is 11.8 Å². The Labute approximate surface area is 276 Å². The highest BCUT2D eigenvalue weighted by molar-refractivity contribution is 8.00. The van der Waals surface area contributed by atoms with E-state index in [-0.39, 0.29) is 17.4 Å². The SMILES string of the molecule is COC(=O)c1c(NC(=O)CSc2cccc(NC(=O)/C(=C\c3cccc(C)c3)NC(=O)c3ccccc3)c2)sc2c1CCCCC2. The molecular weight excluding hydrogens is 619 g/mol. The molecule has 5 rings (SSSR count). The number of aryl methyl sites for hydroxylation is 2. The van der Waals surface area contributed by atoms with Gasteiger partial charge in [-0.15, -0.1) is 23.1 Å². The normalized spacial score (nSPS) is 12.8. The van der Waals surface area contributed by atoms with Crippen LogP contribution in [-0.4, -0.2) is 36.6 Å². The summed E-state index contributed by atoms with van der Waals surface area (Å²) in [5, 5.41) is 9.10. The van der Waals surface area contributed by atoms with Crippen LogP contribution in [0.2, 0.25) is 0 Å². The van der Waals surface area contributed by atoms with Crippen LogP contribution in [0.1, 0.15) is 61.5 Å². The van der Waals surface area contributed by atoms with E-state index in [1.165, 1.54) is 30.2 Å². The summed E-state index contributed by atoms with van der Waals surface area (Å²) in [6.45, 7) is 1.95. The molecule has 0 aliphatic heterocycles. The topological polar surface area (TPSA) is 114 Å². The van der Waals surface area contributed by atoms with Crippen LogP contribution in [0.25, 0.3) is 6.08 Å². The van der Waals surface area contributed by atoms with Crippen LogP contribution >= 0.6 is 23.1 Å². The van der Waals surface area contributed by atoms with E-state index in [0.29, 0.717) is 21.8 Å². The number of nitrogens with one attached hydrogen (secondary N) is 3. The lowest BCUT2D eigenvalue weighted by Gasteiger charge is -2.12. The zero-order valence-electron chi connectivity index (χ0n) is 25.7. The van der Waals surface area contributed by atoms with Crippen molar-refractivity contribution in [2.75, 3.05) is 23.5 Å². The summed E-state index contributed by atoms with van der Waals surface area (Å²) in [7, 11) is 1.36. The summed E-state index contributed by atoms with van der Waals surface area (Å²) >= 11 is 2.77. The van der Waals surface area contributed by atoms with Crippen LogP contribution in [0.15, 0.2) is 89.5 Å². The number of carbonyl (C=O) groups excluding carboxylic acids is 4. The van der Waals surface area contributed by atoms with Gasteiger partial charge in [-0.1, -0.05) is 60.5 Å². The van der Waals surface area contributed by atoms with Crippen molar-refractivity contribution >= 4 is 63.6 Å². The number of thioether (sulfide) groups is 1. The quantitative estimate of drug-likeness (QED) is 0.0719. The molecule has 0 atom stereocenters. The first-order valence-corrected chi connectivity index (χ1v) is 16.8. The zero-order chi connectivity index (χ0) is 32.5.